The predicted octanol–water partition coefficient (Wildman–Crippen LogP) is 2.36. The first-order valence-corrected chi connectivity index (χ1v) is 9.84. The summed E-state index contributed by atoms with van der Waals surface area (Å²) in [6.45, 7) is -0.143. The van der Waals surface area contributed by atoms with Crippen LogP contribution in [0, 0.1) is 11.3 Å². The normalized spacial score (nSPS) is 11.5. The molecule has 0 saturated heterocycles. The van der Waals surface area contributed by atoms with Gasteiger partial charge in [-0.25, -0.2) is 13.4 Å². The van der Waals surface area contributed by atoms with Crippen LogP contribution in [-0.4, -0.2) is 34.8 Å². The summed E-state index contributed by atoms with van der Waals surface area (Å²) in [6.07, 6.45) is 2.06. The summed E-state index contributed by atoms with van der Waals surface area (Å²) in [6, 6.07) is 3.27. The van der Waals surface area contributed by atoms with Crippen LogP contribution in [0.25, 0.3) is 10.8 Å². The standard InChI is InChI=1S/C14H10F2N6O3S2/c1-27(23,24)22(9-2-8(3-17)4-18-5-9)7-11-19-6-10(26-11)13-20-21-14(25-13)12(15)16/h2,4-6,12H,7H2,1H3. The number of nitrogens with zero attached hydrogens (tertiary/aromatic N) is 6. The monoisotopic (exact) mass is 412 g/mol. The molecule has 0 aliphatic rings. The number of anilines is 1. The number of hydrogen-bond acceptors (Lipinski definition) is 9. The molecule has 0 atom stereocenters. The molecular formula is C14H10F2N6O3S2. The molecule has 3 heterocycles. The summed E-state index contributed by atoms with van der Waals surface area (Å²) < 4.78 is 55.3. The summed E-state index contributed by atoms with van der Waals surface area (Å²) in [7, 11) is -3.70. The molecule has 140 valence electrons. The lowest BCUT2D eigenvalue weighted by atomic mass is 10.3. The van der Waals surface area contributed by atoms with E-state index in [0.29, 0.717) is 9.88 Å². The number of pyridine rings is 1. The predicted molar refractivity (Wildman–Crippen MR) is 90.3 cm³/mol. The van der Waals surface area contributed by atoms with Crippen molar-refractivity contribution in [3.8, 4) is 16.8 Å². The maximum absolute atomic E-state index is 12.5. The second kappa shape index (κ2) is 7.33. The molecule has 9 nitrogen and oxygen atoms in total. The van der Waals surface area contributed by atoms with Crippen molar-refractivity contribution < 1.29 is 21.6 Å². The van der Waals surface area contributed by atoms with E-state index in [0.717, 1.165) is 21.9 Å². The van der Waals surface area contributed by atoms with E-state index in [9.17, 15) is 17.2 Å². The Morgan fingerprint density at radius 1 is 1.33 bits per heavy atom. The quantitative estimate of drug-likeness (QED) is 0.604. The highest BCUT2D eigenvalue weighted by Crippen LogP contribution is 2.29. The summed E-state index contributed by atoms with van der Waals surface area (Å²) in [5, 5.41) is 16.1. The molecule has 0 N–H and O–H groups in total. The Kier molecular flexibility index (Phi) is 5.10. The molecule has 3 rings (SSSR count). The summed E-state index contributed by atoms with van der Waals surface area (Å²) in [4.78, 5) is 8.25. The Labute approximate surface area is 156 Å². The third-order valence-electron chi connectivity index (χ3n) is 3.21. The van der Waals surface area contributed by atoms with Gasteiger partial charge in [-0.2, -0.15) is 14.0 Å². The van der Waals surface area contributed by atoms with Crippen LogP contribution in [0.1, 0.15) is 22.9 Å². The maximum atomic E-state index is 12.5. The zero-order valence-electron chi connectivity index (χ0n) is 13.6. The summed E-state index contributed by atoms with van der Waals surface area (Å²) >= 11 is 1.02. The van der Waals surface area contributed by atoms with Gasteiger partial charge in [0.05, 0.1) is 36.4 Å². The number of rotatable bonds is 6. The average molecular weight is 412 g/mol. The average Bonchev–Trinajstić information content (AvgIpc) is 3.28. The molecule has 0 aromatic carbocycles. The van der Waals surface area contributed by atoms with Gasteiger partial charge in [0.15, 0.2) is 0 Å². The van der Waals surface area contributed by atoms with Gasteiger partial charge in [0.1, 0.15) is 16.0 Å². The van der Waals surface area contributed by atoms with Gasteiger partial charge in [-0.3, -0.25) is 9.29 Å². The number of sulfonamides is 1. The van der Waals surface area contributed by atoms with Crippen LogP contribution in [0.15, 0.2) is 29.1 Å². The zero-order valence-corrected chi connectivity index (χ0v) is 15.2. The van der Waals surface area contributed by atoms with Crippen LogP contribution in [0.2, 0.25) is 0 Å². The number of alkyl halides is 2. The van der Waals surface area contributed by atoms with Gasteiger partial charge in [-0.05, 0) is 6.07 Å². The van der Waals surface area contributed by atoms with Crippen molar-refractivity contribution in [1.82, 2.24) is 20.2 Å². The highest BCUT2D eigenvalue weighted by atomic mass is 32.2. The summed E-state index contributed by atoms with van der Waals surface area (Å²) in [5.74, 6) is -0.940. The topological polar surface area (TPSA) is 126 Å². The van der Waals surface area contributed by atoms with Crippen molar-refractivity contribution in [3.63, 3.8) is 0 Å². The van der Waals surface area contributed by atoms with E-state index in [1.165, 1.54) is 24.7 Å². The minimum atomic E-state index is -3.70. The number of halogens is 2. The number of aromatic nitrogens is 4. The Morgan fingerprint density at radius 2 is 2.11 bits per heavy atom. The molecule has 13 heteroatoms. The molecule has 3 aromatic heterocycles. The van der Waals surface area contributed by atoms with Gasteiger partial charge in [-0.1, -0.05) is 0 Å². The molecule has 0 radical (unpaired) electrons. The fourth-order valence-electron chi connectivity index (χ4n) is 2.05. The first-order chi connectivity index (χ1) is 12.8. The third-order valence-corrected chi connectivity index (χ3v) is 5.32. The number of thiazole rings is 1. The van der Waals surface area contributed by atoms with E-state index in [2.05, 4.69) is 20.2 Å². The highest BCUT2D eigenvalue weighted by Gasteiger charge is 2.22. The van der Waals surface area contributed by atoms with E-state index < -0.39 is 22.3 Å². The van der Waals surface area contributed by atoms with E-state index in [1.807, 2.05) is 6.07 Å². The smallest absolute Gasteiger partial charge is 0.314 e. The van der Waals surface area contributed by atoms with Crippen LogP contribution < -0.4 is 4.31 Å². The van der Waals surface area contributed by atoms with Crippen molar-refractivity contribution in [2.75, 3.05) is 10.6 Å². The lowest BCUT2D eigenvalue weighted by Crippen LogP contribution is -2.29. The second-order valence-electron chi connectivity index (χ2n) is 5.18. The molecule has 0 bridgehead atoms. The first kappa shape index (κ1) is 18.8. The van der Waals surface area contributed by atoms with Gasteiger partial charge >= 0.3 is 6.43 Å². The Balaban J connectivity index is 1.89. The van der Waals surface area contributed by atoms with Crippen LogP contribution >= 0.6 is 11.3 Å². The third kappa shape index (κ3) is 4.23. The molecule has 0 spiro atoms. The van der Waals surface area contributed by atoms with Crippen LogP contribution in [0.5, 0.6) is 0 Å². The SMILES string of the molecule is CS(=O)(=O)N(Cc1ncc(-c2nnc(C(F)F)o2)s1)c1cncc(C#N)c1. The van der Waals surface area contributed by atoms with Crippen molar-refractivity contribution >= 4 is 27.0 Å². The first-order valence-electron chi connectivity index (χ1n) is 7.17. The fraction of sp³-hybridized carbons (Fsp3) is 0.214. The number of nitriles is 1. The van der Waals surface area contributed by atoms with Gasteiger partial charge in [-0.15, -0.1) is 21.5 Å². The van der Waals surface area contributed by atoms with Crippen molar-refractivity contribution in [3.05, 3.63) is 41.1 Å². The molecule has 27 heavy (non-hydrogen) atoms. The molecule has 0 fully saturated rings. The highest BCUT2D eigenvalue weighted by molar-refractivity contribution is 7.92. The van der Waals surface area contributed by atoms with E-state index in [1.54, 1.807) is 0 Å². The van der Waals surface area contributed by atoms with Crippen molar-refractivity contribution in [2.24, 2.45) is 0 Å². The lowest BCUT2D eigenvalue weighted by Gasteiger charge is -2.20. The van der Waals surface area contributed by atoms with Crippen molar-refractivity contribution in [1.29, 1.82) is 5.26 Å². The van der Waals surface area contributed by atoms with E-state index in [-0.39, 0.29) is 23.7 Å². The Bertz CT molecular complexity index is 1110. The molecule has 3 aromatic rings. The minimum Gasteiger partial charge on any atom is -0.414 e. The van der Waals surface area contributed by atoms with Gasteiger partial charge in [0, 0.05) is 6.20 Å². The molecule has 0 amide bonds. The van der Waals surface area contributed by atoms with E-state index >= 15 is 0 Å². The van der Waals surface area contributed by atoms with Gasteiger partial charge in [0.2, 0.25) is 10.0 Å². The van der Waals surface area contributed by atoms with Gasteiger partial charge < -0.3 is 4.42 Å². The van der Waals surface area contributed by atoms with Crippen LogP contribution in [-0.2, 0) is 16.6 Å². The van der Waals surface area contributed by atoms with E-state index in [4.69, 9.17) is 9.68 Å². The molecular weight excluding hydrogens is 402 g/mol. The fourth-order valence-corrected chi connectivity index (χ4v) is 3.80. The molecule has 0 saturated carbocycles. The van der Waals surface area contributed by atoms with Crippen LogP contribution in [0.4, 0.5) is 14.5 Å². The largest absolute Gasteiger partial charge is 0.414 e. The second-order valence-corrected chi connectivity index (χ2v) is 8.20. The van der Waals surface area contributed by atoms with Crippen molar-refractivity contribution in [2.45, 2.75) is 13.0 Å². The Hall–Kier alpha value is -2.98. The lowest BCUT2D eigenvalue weighted by molar-refractivity contribution is 0.116. The maximum Gasteiger partial charge on any atom is 0.314 e. The minimum absolute atomic E-state index is 0.131. The molecule has 0 unspecified atom stereocenters. The number of hydrogen-bond donors (Lipinski definition) is 0. The van der Waals surface area contributed by atoms with Gasteiger partial charge in [0.25, 0.3) is 11.8 Å². The zero-order chi connectivity index (χ0) is 19.6. The molecule has 0 aliphatic carbocycles. The molecule has 0 aliphatic heterocycles. The van der Waals surface area contributed by atoms with Crippen LogP contribution in [0.3, 0.4) is 0 Å². The summed E-state index contributed by atoms with van der Waals surface area (Å²) in [5.41, 5.74) is 0.400. The Morgan fingerprint density at radius 3 is 2.74 bits per heavy atom.